The number of carbonyl (C=O) groups excluding carboxylic acids is 1. The van der Waals surface area contributed by atoms with Crippen molar-refractivity contribution in [2.75, 3.05) is 11.8 Å². The molecule has 3 rings (SSSR count). The van der Waals surface area contributed by atoms with Gasteiger partial charge in [0.25, 0.3) is 15.9 Å². The zero-order valence-corrected chi connectivity index (χ0v) is 18.9. The summed E-state index contributed by atoms with van der Waals surface area (Å²) >= 11 is 6.15. The van der Waals surface area contributed by atoms with E-state index >= 15 is 0 Å². The Morgan fingerprint density at radius 2 is 1.74 bits per heavy atom. The van der Waals surface area contributed by atoms with Gasteiger partial charge in [0.1, 0.15) is 10.6 Å². The highest BCUT2D eigenvalue weighted by Crippen LogP contribution is 2.26. The van der Waals surface area contributed by atoms with Crippen molar-refractivity contribution in [3.8, 4) is 5.75 Å². The van der Waals surface area contributed by atoms with Gasteiger partial charge in [0.2, 0.25) is 0 Å². The third-order valence-corrected chi connectivity index (χ3v) is 6.58. The number of sulfonamides is 1. The summed E-state index contributed by atoms with van der Waals surface area (Å²) < 4.78 is 33.4. The van der Waals surface area contributed by atoms with Gasteiger partial charge in [-0.05, 0) is 67.4 Å². The highest BCUT2D eigenvalue weighted by Gasteiger charge is 2.21. The minimum absolute atomic E-state index is 0.0277. The fourth-order valence-corrected chi connectivity index (χ4v) is 4.60. The quantitative estimate of drug-likeness (QED) is 0.524. The first-order valence-corrected chi connectivity index (χ1v) is 11.4. The molecule has 0 aliphatic heterocycles. The van der Waals surface area contributed by atoms with Crippen molar-refractivity contribution in [1.82, 2.24) is 5.32 Å². The lowest BCUT2D eigenvalue weighted by Gasteiger charge is -2.16. The molecule has 0 aliphatic rings. The average molecular weight is 459 g/mol. The van der Waals surface area contributed by atoms with Crippen molar-refractivity contribution in [3.63, 3.8) is 0 Å². The van der Waals surface area contributed by atoms with E-state index in [0.717, 1.165) is 16.9 Å². The van der Waals surface area contributed by atoms with Gasteiger partial charge in [-0.25, -0.2) is 8.42 Å². The van der Waals surface area contributed by atoms with Crippen LogP contribution in [0.2, 0.25) is 5.02 Å². The molecule has 0 spiro atoms. The lowest BCUT2D eigenvalue weighted by molar-refractivity contribution is 0.0939. The highest BCUT2D eigenvalue weighted by molar-refractivity contribution is 7.92. The van der Waals surface area contributed by atoms with Crippen LogP contribution in [-0.4, -0.2) is 21.4 Å². The van der Waals surface area contributed by atoms with Crippen LogP contribution in [0.3, 0.4) is 0 Å². The third kappa shape index (κ3) is 5.57. The molecule has 1 atom stereocenters. The number of hydrogen-bond donors (Lipinski definition) is 2. The molecule has 3 aromatic rings. The summed E-state index contributed by atoms with van der Waals surface area (Å²) in [6.07, 6.45) is 0. The zero-order chi connectivity index (χ0) is 22.6. The molecule has 0 unspecified atom stereocenters. The van der Waals surface area contributed by atoms with Crippen LogP contribution in [0.5, 0.6) is 5.75 Å². The van der Waals surface area contributed by atoms with Gasteiger partial charge in [0.05, 0.1) is 18.2 Å². The van der Waals surface area contributed by atoms with E-state index in [-0.39, 0.29) is 21.5 Å². The summed E-state index contributed by atoms with van der Waals surface area (Å²) in [4.78, 5) is 12.6. The van der Waals surface area contributed by atoms with Crippen LogP contribution in [0.15, 0.2) is 71.6 Å². The molecule has 0 bridgehead atoms. The van der Waals surface area contributed by atoms with Crippen LogP contribution in [0.4, 0.5) is 5.69 Å². The van der Waals surface area contributed by atoms with Gasteiger partial charge in [-0.3, -0.25) is 9.52 Å². The Bertz CT molecular complexity index is 1190. The molecule has 0 saturated heterocycles. The molecule has 162 valence electrons. The number of aryl methyl sites for hydroxylation is 1. The number of amides is 1. The van der Waals surface area contributed by atoms with Crippen molar-refractivity contribution >= 4 is 33.2 Å². The van der Waals surface area contributed by atoms with Gasteiger partial charge in [-0.2, -0.15) is 0 Å². The SMILES string of the molecule is COc1ccc([C@@H](C)NC(=O)c2ccc(Cl)c(S(=O)(=O)Nc3cccc(C)c3)c2)cc1. The van der Waals surface area contributed by atoms with E-state index in [1.807, 2.05) is 44.2 Å². The van der Waals surface area contributed by atoms with E-state index in [2.05, 4.69) is 10.0 Å². The molecule has 2 N–H and O–H groups in total. The lowest BCUT2D eigenvalue weighted by Crippen LogP contribution is -2.27. The Kier molecular flexibility index (Phi) is 6.87. The molecule has 0 heterocycles. The minimum atomic E-state index is -3.98. The molecular weight excluding hydrogens is 436 g/mol. The van der Waals surface area contributed by atoms with E-state index in [0.29, 0.717) is 5.69 Å². The first-order chi connectivity index (χ1) is 14.7. The monoisotopic (exact) mass is 458 g/mol. The molecule has 0 aromatic heterocycles. The fraction of sp³-hybridized carbons (Fsp3) is 0.174. The number of methoxy groups -OCH3 is 1. The van der Waals surface area contributed by atoms with Crippen LogP contribution in [-0.2, 0) is 10.0 Å². The number of rotatable bonds is 7. The predicted molar refractivity (Wildman–Crippen MR) is 122 cm³/mol. The zero-order valence-electron chi connectivity index (χ0n) is 17.3. The van der Waals surface area contributed by atoms with Gasteiger partial charge in [0.15, 0.2) is 0 Å². The molecule has 6 nitrogen and oxygen atoms in total. The van der Waals surface area contributed by atoms with Crippen molar-refractivity contribution < 1.29 is 17.9 Å². The standard InChI is InChI=1S/C23H23ClN2O4S/c1-15-5-4-6-19(13-15)26-31(28,29)22-14-18(9-12-21(22)24)23(27)25-16(2)17-7-10-20(30-3)11-8-17/h4-14,16,26H,1-3H3,(H,25,27)/t16-/m1/s1. The van der Waals surface area contributed by atoms with Gasteiger partial charge < -0.3 is 10.1 Å². The number of anilines is 1. The van der Waals surface area contributed by atoms with E-state index in [9.17, 15) is 13.2 Å². The first kappa shape index (κ1) is 22.7. The topological polar surface area (TPSA) is 84.5 Å². The van der Waals surface area contributed by atoms with E-state index < -0.39 is 15.9 Å². The molecule has 0 aliphatic carbocycles. The average Bonchev–Trinajstić information content (AvgIpc) is 2.73. The second kappa shape index (κ2) is 9.41. The fourth-order valence-electron chi connectivity index (χ4n) is 3.03. The summed E-state index contributed by atoms with van der Waals surface area (Å²) in [7, 11) is -2.40. The van der Waals surface area contributed by atoms with Crippen molar-refractivity contribution in [3.05, 3.63) is 88.4 Å². The van der Waals surface area contributed by atoms with E-state index in [1.54, 1.807) is 25.3 Å². The predicted octanol–water partition coefficient (Wildman–Crippen LogP) is 4.95. The Hall–Kier alpha value is -3.03. The second-order valence-corrected chi connectivity index (χ2v) is 9.15. The Labute approximate surface area is 187 Å². The smallest absolute Gasteiger partial charge is 0.263 e. The molecule has 0 radical (unpaired) electrons. The second-order valence-electron chi connectivity index (χ2n) is 7.09. The van der Waals surface area contributed by atoms with Gasteiger partial charge in [0, 0.05) is 11.3 Å². The number of nitrogens with one attached hydrogen (secondary N) is 2. The van der Waals surface area contributed by atoms with Gasteiger partial charge in [-0.15, -0.1) is 0 Å². The molecule has 8 heteroatoms. The number of halogens is 1. The Balaban J connectivity index is 1.81. The normalized spacial score (nSPS) is 12.1. The van der Waals surface area contributed by atoms with E-state index in [1.165, 1.54) is 18.2 Å². The molecule has 1 amide bonds. The number of carbonyl (C=O) groups is 1. The largest absolute Gasteiger partial charge is 0.497 e. The summed E-state index contributed by atoms with van der Waals surface area (Å²) in [6, 6.07) is 18.2. The van der Waals surface area contributed by atoms with Crippen molar-refractivity contribution in [1.29, 1.82) is 0 Å². The van der Waals surface area contributed by atoms with Crippen LogP contribution < -0.4 is 14.8 Å². The summed E-state index contributed by atoms with van der Waals surface area (Å²) in [5, 5.41) is 2.89. The molecule has 31 heavy (non-hydrogen) atoms. The number of benzene rings is 3. The lowest BCUT2D eigenvalue weighted by atomic mass is 10.1. The Morgan fingerprint density at radius 3 is 2.39 bits per heavy atom. The van der Waals surface area contributed by atoms with Crippen LogP contribution in [0.1, 0.15) is 34.5 Å². The minimum Gasteiger partial charge on any atom is -0.497 e. The maximum atomic E-state index is 12.9. The van der Waals surface area contributed by atoms with Crippen molar-refractivity contribution in [2.45, 2.75) is 24.8 Å². The highest BCUT2D eigenvalue weighted by atomic mass is 35.5. The first-order valence-electron chi connectivity index (χ1n) is 9.53. The Morgan fingerprint density at radius 1 is 1.03 bits per heavy atom. The summed E-state index contributed by atoms with van der Waals surface area (Å²) in [6.45, 7) is 3.70. The molecule has 0 saturated carbocycles. The third-order valence-electron chi connectivity index (χ3n) is 4.72. The summed E-state index contributed by atoms with van der Waals surface area (Å²) in [5.41, 5.74) is 2.40. The van der Waals surface area contributed by atoms with Crippen LogP contribution >= 0.6 is 11.6 Å². The molecular formula is C23H23ClN2O4S. The van der Waals surface area contributed by atoms with E-state index in [4.69, 9.17) is 16.3 Å². The number of ether oxygens (including phenoxy) is 1. The van der Waals surface area contributed by atoms with Gasteiger partial charge in [-0.1, -0.05) is 35.9 Å². The maximum absolute atomic E-state index is 12.9. The molecule has 0 fully saturated rings. The molecule has 3 aromatic carbocycles. The maximum Gasteiger partial charge on any atom is 0.263 e. The van der Waals surface area contributed by atoms with Crippen LogP contribution in [0.25, 0.3) is 0 Å². The summed E-state index contributed by atoms with van der Waals surface area (Å²) in [5.74, 6) is 0.308. The van der Waals surface area contributed by atoms with Gasteiger partial charge >= 0.3 is 0 Å². The van der Waals surface area contributed by atoms with Crippen LogP contribution in [0, 0.1) is 6.92 Å². The van der Waals surface area contributed by atoms with Crippen molar-refractivity contribution in [2.24, 2.45) is 0 Å². The number of hydrogen-bond acceptors (Lipinski definition) is 4.